The Morgan fingerprint density at radius 2 is 2.04 bits per heavy atom. The van der Waals surface area contributed by atoms with Crippen LogP contribution in [0.1, 0.15) is 29.3 Å². The van der Waals surface area contributed by atoms with Gasteiger partial charge in [-0.05, 0) is 18.7 Å². The molecule has 1 unspecified atom stereocenters. The molecule has 0 spiro atoms. The Kier molecular flexibility index (Phi) is 5.26. The number of benzene rings is 1. The number of amides is 1. The fourth-order valence-corrected chi connectivity index (χ4v) is 3.69. The molecular weight excluding hydrogens is 314 g/mol. The van der Waals surface area contributed by atoms with Crippen molar-refractivity contribution in [3.8, 4) is 0 Å². The number of carbonyl (C=O) groups excluding carboxylic acids is 2. The maximum atomic E-state index is 12.9. The van der Waals surface area contributed by atoms with Gasteiger partial charge in [0.25, 0.3) is 5.91 Å². The Labute approximate surface area is 139 Å². The quantitative estimate of drug-likeness (QED) is 0.810. The lowest BCUT2D eigenvalue weighted by Gasteiger charge is -2.21. The molecule has 0 saturated carbocycles. The molecule has 1 aromatic rings. The lowest BCUT2D eigenvalue weighted by Crippen LogP contribution is -2.31. The molecule has 1 aliphatic rings. The van der Waals surface area contributed by atoms with Crippen LogP contribution < -0.4 is 0 Å². The Hall–Kier alpha value is -2.08. The molecule has 122 valence electrons. The average molecular weight is 333 g/mol. The predicted octanol–water partition coefficient (Wildman–Crippen LogP) is 2.50. The maximum absolute atomic E-state index is 12.9. The molecule has 1 amide bonds. The monoisotopic (exact) mass is 333 g/mol. The number of aliphatic carboxylic acids is 1. The first-order valence-corrected chi connectivity index (χ1v) is 8.36. The van der Waals surface area contributed by atoms with Crippen molar-refractivity contribution in [1.29, 1.82) is 0 Å². The molecule has 0 aliphatic carbocycles. The van der Waals surface area contributed by atoms with Crippen molar-refractivity contribution >= 4 is 29.4 Å². The van der Waals surface area contributed by atoms with E-state index in [1.807, 2.05) is 19.9 Å². The third-order valence-corrected chi connectivity index (χ3v) is 4.88. The van der Waals surface area contributed by atoms with Gasteiger partial charge in [-0.3, -0.25) is 14.4 Å². The van der Waals surface area contributed by atoms with E-state index in [1.54, 1.807) is 25.2 Å². The largest absolute Gasteiger partial charge is 0.481 e. The number of likely N-dealkylation sites (N-methyl/N-ethyl adjacent to an activating group) is 1. The first kappa shape index (κ1) is 17.3. The van der Waals surface area contributed by atoms with E-state index in [1.165, 1.54) is 16.7 Å². The van der Waals surface area contributed by atoms with E-state index in [0.717, 1.165) is 5.56 Å². The highest BCUT2D eigenvalue weighted by Gasteiger charge is 2.41. The maximum Gasteiger partial charge on any atom is 0.308 e. The number of carboxylic acid groups (broad SMARTS) is 1. The molecule has 1 aromatic carbocycles. The number of nitrogens with zero attached hydrogens (tertiary/aromatic N) is 1. The Balaban J connectivity index is 2.53. The fourth-order valence-electron chi connectivity index (χ4n) is 2.64. The number of thioether (sulfide) groups is 1. The Bertz CT molecular complexity index is 696. The van der Waals surface area contributed by atoms with Crippen molar-refractivity contribution in [1.82, 2.24) is 4.90 Å². The van der Waals surface area contributed by atoms with Gasteiger partial charge in [0.15, 0.2) is 5.78 Å². The van der Waals surface area contributed by atoms with Crippen LogP contribution in [0.25, 0.3) is 0 Å². The van der Waals surface area contributed by atoms with Gasteiger partial charge >= 0.3 is 5.97 Å². The molecule has 0 bridgehead atoms. The minimum Gasteiger partial charge on any atom is -0.481 e. The molecule has 1 heterocycles. The number of carboxylic acids is 1. The first-order chi connectivity index (χ1) is 10.9. The summed E-state index contributed by atoms with van der Waals surface area (Å²) in [6.07, 6.45) is -0.434. The standard InChI is InChI=1S/C17H19NO4S/c1-4-23-17-14(12(9-13(19)20)16(22)18(17)3)15(21)11-7-5-6-10(2)8-11/h5-8,17H,4,9H2,1-3H3,(H,19,20). The zero-order chi connectivity index (χ0) is 17.1. The van der Waals surface area contributed by atoms with Crippen molar-refractivity contribution in [2.24, 2.45) is 0 Å². The van der Waals surface area contributed by atoms with E-state index < -0.39 is 17.8 Å². The Morgan fingerprint density at radius 1 is 1.35 bits per heavy atom. The van der Waals surface area contributed by atoms with E-state index in [0.29, 0.717) is 16.9 Å². The second-order valence-electron chi connectivity index (χ2n) is 5.39. The van der Waals surface area contributed by atoms with Crippen molar-refractivity contribution in [2.75, 3.05) is 12.8 Å². The minimum absolute atomic E-state index is 0.0949. The van der Waals surface area contributed by atoms with Crippen LogP contribution in [-0.2, 0) is 9.59 Å². The van der Waals surface area contributed by atoms with Gasteiger partial charge in [0.1, 0.15) is 5.37 Å². The van der Waals surface area contributed by atoms with Crippen LogP contribution in [0.3, 0.4) is 0 Å². The number of hydrogen-bond donors (Lipinski definition) is 1. The zero-order valence-electron chi connectivity index (χ0n) is 13.3. The first-order valence-electron chi connectivity index (χ1n) is 7.31. The molecule has 0 radical (unpaired) electrons. The minimum atomic E-state index is -1.11. The van der Waals surface area contributed by atoms with E-state index in [9.17, 15) is 14.4 Å². The fraction of sp³-hybridized carbons (Fsp3) is 0.353. The van der Waals surface area contributed by atoms with Crippen molar-refractivity contribution in [3.63, 3.8) is 0 Å². The summed E-state index contributed by atoms with van der Waals surface area (Å²) >= 11 is 1.45. The second kappa shape index (κ2) is 7.00. The third-order valence-electron chi connectivity index (χ3n) is 3.68. The molecular formula is C17H19NO4S. The highest BCUT2D eigenvalue weighted by Crippen LogP contribution is 2.35. The van der Waals surface area contributed by atoms with Gasteiger partial charge in [-0.25, -0.2) is 0 Å². The van der Waals surface area contributed by atoms with Crippen molar-refractivity contribution < 1.29 is 19.5 Å². The van der Waals surface area contributed by atoms with Gasteiger partial charge < -0.3 is 10.0 Å². The van der Waals surface area contributed by atoms with Crippen LogP contribution >= 0.6 is 11.8 Å². The molecule has 1 N–H and O–H groups in total. The van der Waals surface area contributed by atoms with Gasteiger partial charge in [-0.2, -0.15) is 0 Å². The van der Waals surface area contributed by atoms with Gasteiger partial charge in [0.2, 0.25) is 0 Å². The van der Waals surface area contributed by atoms with Crippen LogP contribution in [0.2, 0.25) is 0 Å². The molecule has 2 rings (SSSR count). The molecule has 1 aliphatic heterocycles. The summed E-state index contributed by atoms with van der Waals surface area (Å²) in [5.41, 5.74) is 1.82. The third kappa shape index (κ3) is 3.47. The van der Waals surface area contributed by atoms with Gasteiger partial charge in [0.05, 0.1) is 6.42 Å². The second-order valence-corrected chi connectivity index (χ2v) is 6.74. The van der Waals surface area contributed by atoms with E-state index >= 15 is 0 Å². The van der Waals surface area contributed by atoms with E-state index in [4.69, 9.17) is 5.11 Å². The lowest BCUT2D eigenvalue weighted by molar-refractivity contribution is -0.137. The lowest BCUT2D eigenvalue weighted by atomic mass is 9.97. The summed E-state index contributed by atoms with van der Waals surface area (Å²) in [4.78, 5) is 37.9. The van der Waals surface area contributed by atoms with Gasteiger partial charge in [0, 0.05) is 23.8 Å². The van der Waals surface area contributed by atoms with Crippen LogP contribution in [0.5, 0.6) is 0 Å². The summed E-state index contributed by atoms with van der Waals surface area (Å²) in [5.74, 6) is -1.05. The average Bonchev–Trinajstić information content (AvgIpc) is 2.72. The molecule has 0 saturated heterocycles. The molecule has 5 nitrogen and oxygen atoms in total. The van der Waals surface area contributed by atoms with Crippen molar-refractivity contribution in [3.05, 3.63) is 46.5 Å². The number of carbonyl (C=O) groups is 3. The number of rotatable bonds is 6. The number of Topliss-reactive ketones (excluding diaryl/α,β-unsaturated/α-hetero) is 1. The molecule has 6 heteroatoms. The summed E-state index contributed by atoms with van der Waals surface area (Å²) in [5, 5.41) is 8.65. The molecule has 23 heavy (non-hydrogen) atoms. The normalized spacial score (nSPS) is 17.8. The number of ketones is 1. The molecule has 0 fully saturated rings. The van der Waals surface area contributed by atoms with Crippen LogP contribution in [-0.4, -0.2) is 45.8 Å². The molecule has 0 aromatic heterocycles. The predicted molar refractivity (Wildman–Crippen MR) is 89.5 cm³/mol. The smallest absolute Gasteiger partial charge is 0.308 e. The van der Waals surface area contributed by atoms with Crippen LogP contribution in [0.4, 0.5) is 0 Å². The SMILES string of the molecule is CCSC1C(C(=O)c2cccc(C)c2)=C(CC(=O)O)C(=O)N1C. The number of hydrogen-bond acceptors (Lipinski definition) is 4. The van der Waals surface area contributed by atoms with Crippen LogP contribution in [0, 0.1) is 6.92 Å². The summed E-state index contributed by atoms with van der Waals surface area (Å²) in [6, 6.07) is 7.11. The summed E-state index contributed by atoms with van der Waals surface area (Å²) in [6.45, 7) is 3.82. The molecule has 1 atom stereocenters. The van der Waals surface area contributed by atoms with Crippen LogP contribution in [0.15, 0.2) is 35.4 Å². The highest BCUT2D eigenvalue weighted by atomic mass is 32.2. The van der Waals surface area contributed by atoms with Gasteiger partial charge in [-0.1, -0.05) is 30.7 Å². The number of aryl methyl sites for hydroxylation is 1. The topological polar surface area (TPSA) is 74.7 Å². The summed E-state index contributed by atoms with van der Waals surface area (Å²) < 4.78 is 0. The van der Waals surface area contributed by atoms with Crippen molar-refractivity contribution in [2.45, 2.75) is 25.6 Å². The van der Waals surface area contributed by atoms with Gasteiger partial charge in [-0.15, -0.1) is 11.8 Å². The highest BCUT2D eigenvalue weighted by molar-refractivity contribution is 8.00. The Morgan fingerprint density at radius 3 is 2.61 bits per heavy atom. The van der Waals surface area contributed by atoms with E-state index in [2.05, 4.69) is 0 Å². The zero-order valence-corrected chi connectivity index (χ0v) is 14.1. The summed E-state index contributed by atoms with van der Waals surface area (Å²) in [7, 11) is 1.61. The van der Waals surface area contributed by atoms with E-state index in [-0.39, 0.29) is 17.3 Å².